The molecule has 0 unspecified atom stereocenters. The van der Waals surface area contributed by atoms with Gasteiger partial charge in [0.25, 0.3) is 0 Å². The van der Waals surface area contributed by atoms with E-state index in [9.17, 15) is 34.8 Å². The molecule has 7 nitrogen and oxygen atoms in total. The van der Waals surface area contributed by atoms with E-state index in [0.29, 0.717) is 0 Å². The minimum Gasteiger partial charge on any atom is -0.741 e. The van der Waals surface area contributed by atoms with Gasteiger partial charge in [0.05, 0.1) is 0 Å². The largest absolute Gasteiger partial charge is 0.741 e. The van der Waals surface area contributed by atoms with E-state index in [-0.39, 0.29) is 12.4 Å². The fraction of sp³-hybridized carbons (Fsp3) is 0.333. The van der Waals surface area contributed by atoms with E-state index in [2.05, 4.69) is 8.92 Å². The zero-order valence-electron chi connectivity index (χ0n) is 13.5. The Balaban J connectivity index is 0.000000769. The Labute approximate surface area is 166 Å². The van der Waals surface area contributed by atoms with Gasteiger partial charge in [-0.25, -0.2) is 8.42 Å². The van der Waals surface area contributed by atoms with Crippen molar-refractivity contribution < 1.29 is 77.9 Å². The van der Waals surface area contributed by atoms with Crippen LogP contribution in [0.15, 0.2) is 40.2 Å². The summed E-state index contributed by atoms with van der Waals surface area (Å²) in [5.74, 6) is -0.360. The molecule has 0 fully saturated rings. The molecule has 28 heavy (non-hydrogen) atoms. The fourth-order valence-corrected chi connectivity index (χ4v) is 3.50. The summed E-state index contributed by atoms with van der Waals surface area (Å²) < 4.78 is 128. The maximum absolute atomic E-state index is 12.2. The van der Waals surface area contributed by atoms with E-state index in [1.807, 2.05) is 0 Å². The van der Waals surface area contributed by atoms with Crippen LogP contribution in [-0.4, -0.2) is 46.1 Å². The van der Waals surface area contributed by atoms with E-state index in [4.69, 9.17) is 13.0 Å². The van der Waals surface area contributed by atoms with Crippen molar-refractivity contribution in [3.8, 4) is 0 Å². The third kappa shape index (κ3) is 9.89. The number of hydrogen-bond donors (Lipinski definition) is 0. The van der Waals surface area contributed by atoms with E-state index in [1.54, 1.807) is 30.3 Å². The van der Waals surface area contributed by atoms with Gasteiger partial charge in [0, 0.05) is 7.11 Å². The molecule has 0 radical (unpaired) electrons. The second-order valence-electron chi connectivity index (χ2n) is 4.30. The minimum atomic E-state index is -6.09. The van der Waals surface area contributed by atoms with Crippen LogP contribution in [0, 0.1) is 3.57 Å². The van der Waals surface area contributed by atoms with Crippen LogP contribution in [0.4, 0.5) is 26.3 Å². The molecule has 1 aromatic rings. The van der Waals surface area contributed by atoms with E-state index in [1.165, 1.54) is 11.2 Å². The predicted octanol–water partition coefficient (Wildman–Crippen LogP) is -0.649. The van der Waals surface area contributed by atoms with Gasteiger partial charge in [-0.05, 0) is 12.1 Å². The zero-order valence-corrected chi connectivity index (χ0v) is 17.3. The first-order valence-corrected chi connectivity index (χ1v) is 11.5. The lowest BCUT2D eigenvalue weighted by molar-refractivity contribution is -0.558. The lowest BCUT2D eigenvalue weighted by Crippen LogP contribution is -3.59. The molecule has 0 atom stereocenters. The molecule has 0 aliphatic carbocycles. The Morgan fingerprint density at radius 2 is 1.50 bits per heavy atom. The van der Waals surface area contributed by atoms with Crippen molar-refractivity contribution >= 4 is 20.2 Å². The van der Waals surface area contributed by atoms with Gasteiger partial charge in [0.2, 0.25) is 4.08 Å². The predicted molar refractivity (Wildman–Crippen MR) is 76.9 cm³/mol. The molecule has 0 N–H and O–H groups in total. The highest BCUT2D eigenvalue weighted by Crippen LogP contribution is 2.26. The SMILES string of the molecule is COC/C(=C\[I+]c1ccccc1)OS(=O)(=O)C(F)(F)F.O=S(=O)([O-])C(F)(F)F. The van der Waals surface area contributed by atoms with E-state index < -0.39 is 52.5 Å². The molecule has 16 heteroatoms. The molecule has 0 heterocycles. The van der Waals surface area contributed by atoms with Crippen LogP contribution in [0.5, 0.6) is 0 Å². The quantitative estimate of drug-likeness (QED) is 0.111. The van der Waals surface area contributed by atoms with Crippen LogP contribution in [-0.2, 0) is 29.2 Å². The van der Waals surface area contributed by atoms with Crippen molar-refractivity contribution in [2.75, 3.05) is 13.7 Å². The number of ether oxygens (including phenoxy) is 1. The van der Waals surface area contributed by atoms with Crippen LogP contribution >= 0.6 is 0 Å². The number of benzene rings is 1. The molecule has 162 valence electrons. The first kappa shape index (κ1) is 26.9. The van der Waals surface area contributed by atoms with Gasteiger partial charge in [-0.2, -0.15) is 34.8 Å². The lowest BCUT2D eigenvalue weighted by Gasteiger charge is -2.09. The summed E-state index contributed by atoms with van der Waals surface area (Å²) in [6, 6.07) is 8.97. The number of methoxy groups -OCH3 is 1. The number of halogens is 7. The second-order valence-corrected chi connectivity index (χ2v) is 9.70. The van der Waals surface area contributed by atoms with Crippen molar-refractivity contribution in [3.05, 3.63) is 43.7 Å². The van der Waals surface area contributed by atoms with Crippen LogP contribution in [0.2, 0.25) is 0 Å². The maximum Gasteiger partial charge on any atom is 0.534 e. The molecular weight excluding hydrogens is 561 g/mol. The van der Waals surface area contributed by atoms with E-state index in [0.717, 1.165) is 3.57 Å². The minimum absolute atomic E-state index is 0.345. The molecule has 0 aliphatic rings. The lowest BCUT2D eigenvalue weighted by atomic mass is 10.4. The van der Waals surface area contributed by atoms with Gasteiger partial charge in [-0.3, -0.25) is 0 Å². The summed E-state index contributed by atoms with van der Waals surface area (Å²) in [5.41, 5.74) is -11.1. The smallest absolute Gasteiger partial charge is 0.534 e. The average Bonchev–Trinajstić information content (AvgIpc) is 2.51. The Bertz CT molecular complexity index is 849. The molecule has 0 saturated heterocycles. The van der Waals surface area contributed by atoms with Gasteiger partial charge >= 0.3 is 42.3 Å². The summed E-state index contributed by atoms with van der Waals surface area (Å²) in [7, 11) is -10.5. The van der Waals surface area contributed by atoms with Gasteiger partial charge in [-0.15, -0.1) is 0 Å². The summed E-state index contributed by atoms with van der Waals surface area (Å²) >= 11 is -0.816. The molecule has 0 aromatic heterocycles. The third-order valence-electron chi connectivity index (χ3n) is 2.11. The zero-order chi connectivity index (χ0) is 22.2. The van der Waals surface area contributed by atoms with Gasteiger partial charge in [0.1, 0.15) is 6.61 Å². The van der Waals surface area contributed by atoms with Crippen LogP contribution < -0.4 is 21.2 Å². The summed E-state index contributed by atoms with van der Waals surface area (Å²) in [6.45, 7) is -0.345. The van der Waals surface area contributed by atoms with Crippen molar-refractivity contribution in [2.24, 2.45) is 0 Å². The Kier molecular flexibility index (Phi) is 10.2. The second kappa shape index (κ2) is 10.6. The summed E-state index contributed by atoms with van der Waals surface area (Å²) in [4.78, 5) is 0. The highest BCUT2D eigenvalue weighted by molar-refractivity contribution is 7.87. The Morgan fingerprint density at radius 3 is 1.86 bits per heavy atom. The Hall–Kier alpha value is -1.11. The first-order chi connectivity index (χ1) is 12.5. The van der Waals surface area contributed by atoms with Gasteiger partial charge in [-0.1, -0.05) is 18.2 Å². The number of hydrogen-bond acceptors (Lipinski definition) is 7. The van der Waals surface area contributed by atoms with Crippen molar-refractivity contribution in [1.29, 1.82) is 0 Å². The molecule has 0 saturated carbocycles. The number of rotatable bonds is 6. The molecule has 1 rings (SSSR count). The highest BCUT2D eigenvalue weighted by Gasteiger charge is 2.49. The van der Waals surface area contributed by atoms with E-state index >= 15 is 0 Å². The summed E-state index contributed by atoms with van der Waals surface area (Å²) in [6.07, 6.45) is 0. The van der Waals surface area contributed by atoms with Crippen molar-refractivity contribution in [1.82, 2.24) is 0 Å². The summed E-state index contributed by atoms with van der Waals surface area (Å²) in [5, 5.41) is 0. The Morgan fingerprint density at radius 1 is 1.04 bits per heavy atom. The van der Waals surface area contributed by atoms with Gasteiger partial charge in [0.15, 0.2) is 19.4 Å². The molecular formula is C12H11F6IO7S2. The van der Waals surface area contributed by atoms with Gasteiger partial charge < -0.3 is 13.5 Å². The molecule has 0 amide bonds. The molecule has 0 aliphatic heterocycles. The fourth-order valence-electron chi connectivity index (χ4n) is 1.02. The highest BCUT2D eigenvalue weighted by atomic mass is 127. The average molecular weight is 572 g/mol. The normalized spacial score (nSPS) is 13.5. The van der Waals surface area contributed by atoms with Crippen molar-refractivity contribution in [2.45, 2.75) is 11.0 Å². The first-order valence-electron chi connectivity index (χ1n) is 6.40. The topological polar surface area (TPSA) is 110 Å². The van der Waals surface area contributed by atoms with Crippen molar-refractivity contribution in [3.63, 3.8) is 0 Å². The van der Waals surface area contributed by atoms with Crippen LogP contribution in [0.1, 0.15) is 0 Å². The molecule has 1 aromatic carbocycles. The number of alkyl halides is 6. The third-order valence-corrected chi connectivity index (χ3v) is 6.12. The monoisotopic (exact) mass is 572 g/mol. The van der Waals surface area contributed by atoms with Crippen LogP contribution in [0.25, 0.3) is 0 Å². The molecule has 0 spiro atoms. The standard InChI is InChI=1S/C11H11F3IO4S.CHF3O3S/c1-18-8-10(19-20(16,17)11(12,13)14)7-15-9-5-3-2-4-6-9;2-1(3,4)8(5,6)7/h2-7H,8H2,1H3;(H,5,6,7)/q+1;/p-1/b10-7+;. The molecule has 0 bridgehead atoms. The van der Waals surface area contributed by atoms with Crippen LogP contribution in [0.3, 0.4) is 0 Å². The maximum atomic E-state index is 12.2.